The van der Waals surface area contributed by atoms with Crippen molar-refractivity contribution in [2.75, 3.05) is 6.54 Å². The number of benzene rings is 1. The van der Waals surface area contributed by atoms with Crippen molar-refractivity contribution in [1.82, 2.24) is 14.5 Å². The van der Waals surface area contributed by atoms with E-state index in [-0.39, 0.29) is 12.6 Å². The van der Waals surface area contributed by atoms with Crippen molar-refractivity contribution in [3.8, 4) is 0 Å². The van der Waals surface area contributed by atoms with Gasteiger partial charge in [0, 0.05) is 12.2 Å². The molecule has 2 heterocycles. The van der Waals surface area contributed by atoms with Crippen LogP contribution in [0.2, 0.25) is 0 Å². The lowest BCUT2D eigenvalue weighted by molar-refractivity contribution is 0.396. The highest BCUT2D eigenvalue weighted by Gasteiger charge is 2.26. The van der Waals surface area contributed by atoms with Crippen LogP contribution >= 0.6 is 0 Å². The molecule has 1 N–H and O–H groups in total. The quantitative estimate of drug-likeness (QED) is 0.680. The van der Waals surface area contributed by atoms with Gasteiger partial charge in [-0.15, -0.1) is 0 Å². The van der Waals surface area contributed by atoms with Gasteiger partial charge < -0.3 is 4.42 Å². The lowest BCUT2D eigenvalue weighted by atomic mass is 10.0. The van der Waals surface area contributed by atoms with Crippen molar-refractivity contribution in [3.05, 3.63) is 69.9 Å². The second-order valence-electron chi connectivity index (χ2n) is 7.34. The Labute approximate surface area is 166 Å². The molecule has 0 fully saturated rings. The minimum absolute atomic E-state index is 0.143. The Balaban J connectivity index is 1.97. The molecule has 3 aromatic rings. The van der Waals surface area contributed by atoms with Gasteiger partial charge in [0.1, 0.15) is 11.8 Å². The molecule has 28 heavy (non-hydrogen) atoms. The Bertz CT molecular complexity index is 1070. The van der Waals surface area contributed by atoms with Gasteiger partial charge >= 0.3 is 0 Å². The number of aromatic nitrogens is 2. The maximum Gasteiger partial charge on any atom is 0.241 e. The van der Waals surface area contributed by atoms with E-state index in [9.17, 15) is 8.42 Å². The lowest BCUT2D eigenvalue weighted by Gasteiger charge is -2.20. The molecule has 0 aliphatic rings. The van der Waals surface area contributed by atoms with Crippen LogP contribution in [0.3, 0.4) is 0 Å². The van der Waals surface area contributed by atoms with Crippen LogP contribution in [0, 0.1) is 41.5 Å². The summed E-state index contributed by atoms with van der Waals surface area (Å²) in [7, 11) is -3.70. The lowest BCUT2D eigenvalue weighted by Crippen LogP contribution is -2.33. The van der Waals surface area contributed by atoms with E-state index in [0.29, 0.717) is 10.7 Å². The molecule has 2 aromatic heterocycles. The maximum absolute atomic E-state index is 13.2. The Morgan fingerprint density at radius 2 is 1.71 bits per heavy atom. The smallest absolute Gasteiger partial charge is 0.241 e. The third-order valence-electron chi connectivity index (χ3n) is 5.24. The van der Waals surface area contributed by atoms with Gasteiger partial charge in [-0.3, -0.25) is 4.68 Å². The van der Waals surface area contributed by atoms with Gasteiger partial charge in [0.15, 0.2) is 0 Å². The van der Waals surface area contributed by atoms with Crippen molar-refractivity contribution in [1.29, 1.82) is 0 Å². The molecule has 0 bridgehead atoms. The highest BCUT2D eigenvalue weighted by atomic mass is 32.2. The Morgan fingerprint density at radius 1 is 1.07 bits per heavy atom. The fraction of sp³-hybridized carbons (Fsp3) is 0.381. The van der Waals surface area contributed by atoms with Crippen LogP contribution in [0.4, 0.5) is 0 Å². The van der Waals surface area contributed by atoms with Crippen LogP contribution in [0.5, 0.6) is 0 Å². The molecule has 0 saturated carbocycles. The molecule has 1 aromatic carbocycles. The van der Waals surface area contributed by atoms with Crippen LogP contribution in [-0.4, -0.2) is 24.7 Å². The van der Waals surface area contributed by atoms with E-state index in [4.69, 9.17) is 4.42 Å². The number of nitrogens with one attached hydrogen (secondary N) is 1. The molecule has 1 unspecified atom stereocenters. The third kappa shape index (κ3) is 3.77. The Kier molecular flexibility index (Phi) is 5.50. The van der Waals surface area contributed by atoms with Gasteiger partial charge in [-0.2, -0.15) is 5.10 Å². The predicted molar refractivity (Wildman–Crippen MR) is 109 cm³/mol. The molecular weight excluding hydrogens is 374 g/mol. The summed E-state index contributed by atoms with van der Waals surface area (Å²) in [5.41, 5.74) is 5.29. The van der Waals surface area contributed by atoms with E-state index in [0.717, 1.165) is 33.6 Å². The molecule has 150 valence electrons. The van der Waals surface area contributed by atoms with Gasteiger partial charge in [-0.1, -0.05) is 6.07 Å². The zero-order valence-corrected chi connectivity index (χ0v) is 18.0. The Hall–Kier alpha value is -2.38. The molecule has 0 aliphatic carbocycles. The summed E-state index contributed by atoms with van der Waals surface area (Å²) < 4.78 is 36.6. The highest BCUT2D eigenvalue weighted by Crippen LogP contribution is 2.27. The van der Waals surface area contributed by atoms with Crippen LogP contribution in [0.1, 0.15) is 45.4 Å². The molecule has 6 nitrogen and oxygen atoms in total. The number of sulfonamides is 1. The van der Waals surface area contributed by atoms with Crippen molar-refractivity contribution in [3.63, 3.8) is 0 Å². The first-order valence-corrected chi connectivity index (χ1v) is 10.7. The van der Waals surface area contributed by atoms with Gasteiger partial charge in [0.2, 0.25) is 10.0 Å². The molecular formula is C21H27N3O3S. The fourth-order valence-electron chi connectivity index (χ4n) is 3.59. The van der Waals surface area contributed by atoms with Crippen molar-refractivity contribution in [2.45, 2.75) is 52.5 Å². The summed E-state index contributed by atoms with van der Waals surface area (Å²) in [6, 6.07) is 7.24. The van der Waals surface area contributed by atoms with Gasteiger partial charge in [-0.25, -0.2) is 13.1 Å². The van der Waals surface area contributed by atoms with Crippen molar-refractivity contribution in [2.24, 2.45) is 0 Å². The summed E-state index contributed by atoms with van der Waals surface area (Å²) in [6.07, 6.45) is 1.58. The zero-order valence-electron chi connectivity index (χ0n) is 17.2. The number of hydrogen-bond donors (Lipinski definition) is 1. The molecule has 1 atom stereocenters. The normalized spacial score (nSPS) is 13.1. The fourth-order valence-corrected chi connectivity index (χ4v) is 5.24. The van der Waals surface area contributed by atoms with E-state index < -0.39 is 10.0 Å². The molecule has 0 aliphatic heterocycles. The van der Waals surface area contributed by atoms with Gasteiger partial charge in [0.25, 0.3) is 0 Å². The summed E-state index contributed by atoms with van der Waals surface area (Å²) in [6.45, 7) is 11.6. The van der Waals surface area contributed by atoms with Crippen LogP contribution in [0.15, 0.2) is 39.8 Å². The van der Waals surface area contributed by atoms with Crippen molar-refractivity contribution >= 4 is 10.0 Å². The average Bonchev–Trinajstić information content (AvgIpc) is 3.24. The van der Waals surface area contributed by atoms with E-state index in [2.05, 4.69) is 9.82 Å². The summed E-state index contributed by atoms with van der Waals surface area (Å²) >= 11 is 0. The summed E-state index contributed by atoms with van der Waals surface area (Å²) in [5.74, 6) is 0.655. The zero-order chi connectivity index (χ0) is 20.6. The van der Waals surface area contributed by atoms with Gasteiger partial charge in [0.05, 0.1) is 16.9 Å². The maximum atomic E-state index is 13.2. The van der Waals surface area contributed by atoms with E-state index in [1.54, 1.807) is 17.0 Å². The molecule has 0 radical (unpaired) electrons. The standard InChI is InChI=1S/C21H27N3O3S/c1-13-10-14(2)18(6)21(17(13)5)28(25,26)22-12-19(20-8-7-9-27-20)24-16(4)11-15(3)23-24/h7-11,19,22H,12H2,1-6H3. The molecule has 3 rings (SSSR count). The largest absolute Gasteiger partial charge is 0.467 e. The first-order chi connectivity index (χ1) is 13.1. The second kappa shape index (κ2) is 7.56. The number of hydrogen-bond acceptors (Lipinski definition) is 4. The van der Waals surface area contributed by atoms with E-state index in [1.807, 2.05) is 59.7 Å². The van der Waals surface area contributed by atoms with E-state index >= 15 is 0 Å². The summed E-state index contributed by atoms with van der Waals surface area (Å²) in [4.78, 5) is 0.358. The number of nitrogens with zero attached hydrogens (tertiary/aromatic N) is 2. The van der Waals surface area contributed by atoms with Crippen molar-refractivity contribution < 1.29 is 12.8 Å². The number of furan rings is 1. The Morgan fingerprint density at radius 3 is 2.21 bits per heavy atom. The third-order valence-corrected chi connectivity index (χ3v) is 6.94. The predicted octanol–water partition coefficient (Wildman–Crippen LogP) is 3.89. The topological polar surface area (TPSA) is 77.1 Å². The molecule has 7 heteroatoms. The monoisotopic (exact) mass is 401 g/mol. The summed E-state index contributed by atoms with van der Waals surface area (Å²) in [5, 5.41) is 4.53. The highest BCUT2D eigenvalue weighted by molar-refractivity contribution is 7.89. The minimum Gasteiger partial charge on any atom is -0.467 e. The van der Waals surface area contributed by atoms with Crippen LogP contribution in [-0.2, 0) is 10.0 Å². The van der Waals surface area contributed by atoms with Crippen LogP contribution < -0.4 is 4.72 Å². The first kappa shape index (κ1) is 20.4. The second-order valence-corrected chi connectivity index (χ2v) is 9.05. The van der Waals surface area contributed by atoms with Gasteiger partial charge in [-0.05, 0) is 82.0 Å². The molecule has 0 saturated heterocycles. The minimum atomic E-state index is -3.70. The first-order valence-electron chi connectivity index (χ1n) is 9.25. The average molecular weight is 402 g/mol. The SMILES string of the molecule is Cc1cc(C)n(C(CNS(=O)(=O)c2c(C)c(C)cc(C)c2C)c2ccco2)n1. The number of rotatable bonds is 6. The van der Waals surface area contributed by atoms with E-state index in [1.165, 1.54) is 0 Å². The molecule has 0 spiro atoms. The number of aryl methyl sites for hydroxylation is 4. The van der Waals surface area contributed by atoms with Crippen LogP contribution in [0.25, 0.3) is 0 Å². The molecule has 0 amide bonds.